The van der Waals surface area contributed by atoms with Crippen molar-refractivity contribution in [2.75, 3.05) is 0 Å². The van der Waals surface area contributed by atoms with E-state index in [4.69, 9.17) is 4.42 Å². The second-order valence-electron chi connectivity index (χ2n) is 6.20. The molecule has 2 aromatic carbocycles. The van der Waals surface area contributed by atoms with Crippen molar-refractivity contribution in [1.29, 1.82) is 0 Å². The molecule has 4 rings (SSSR count). The minimum atomic E-state index is -0.402. The van der Waals surface area contributed by atoms with Gasteiger partial charge in [-0.15, -0.1) is 0 Å². The summed E-state index contributed by atoms with van der Waals surface area (Å²) in [5.41, 5.74) is 4.44. The Balaban J connectivity index is 2.20. The number of benzene rings is 2. The van der Waals surface area contributed by atoms with Crippen LogP contribution < -0.4 is 4.57 Å². The molecule has 0 aliphatic carbocycles. The van der Waals surface area contributed by atoms with Gasteiger partial charge in [0.25, 0.3) is 0 Å². The molecule has 0 radical (unpaired) electrons. The molecule has 2 aromatic heterocycles. The first-order chi connectivity index (χ1) is 11.5. The lowest BCUT2D eigenvalue weighted by atomic mass is 9.99. The van der Waals surface area contributed by atoms with Gasteiger partial charge in [0, 0.05) is 23.6 Å². The van der Waals surface area contributed by atoms with E-state index in [9.17, 15) is 8.78 Å². The monoisotopic (exact) mass is 324 g/mol. The Morgan fingerprint density at radius 2 is 1.79 bits per heavy atom. The summed E-state index contributed by atoms with van der Waals surface area (Å²) in [6.45, 7) is 3.86. The summed E-state index contributed by atoms with van der Waals surface area (Å²) >= 11 is 0. The van der Waals surface area contributed by atoms with Gasteiger partial charge in [0.1, 0.15) is 24.3 Å². The molecule has 2 heterocycles. The fraction of sp³-hybridized carbons (Fsp3) is 0.150. The van der Waals surface area contributed by atoms with E-state index in [0.29, 0.717) is 21.9 Å². The predicted molar refractivity (Wildman–Crippen MR) is 89.7 cm³/mol. The minimum Gasteiger partial charge on any atom is -0.455 e. The van der Waals surface area contributed by atoms with Gasteiger partial charge < -0.3 is 4.42 Å². The van der Waals surface area contributed by atoms with Crippen molar-refractivity contribution >= 4 is 21.9 Å². The molecule has 4 aromatic rings. The van der Waals surface area contributed by atoms with Crippen LogP contribution in [0, 0.1) is 25.5 Å². The largest absolute Gasteiger partial charge is 0.455 e. The number of hydrogen-bond donors (Lipinski definition) is 0. The van der Waals surface area contributed by atoms with Gasteiger partial charge in [-0.05, 0) is 43.2 Å². The Morgan fingerprint density at radius 3 is 2.58 bits per heavy atom. The molecule has 0 spiro atoms. The van der Waals surface area contributed by atoms with E-state index in [1.54, 1.807) is 6.07 Å². The lowest BCUT2D eigenvalue weighted by Gasteiger charge is -2.07. The first-order valence-corrected chi connectivity index (χ1v) is 7.73. The molecule has 0 amide bonds. The molecular formula is C20H16F2NO+. The number of halogens is 2. The van der Waals surface area contributed by atoms with Gasteiger partial charge in [-0.2, -0.15) is 0 Å². The number of fused-ring (bicyclic) bond motifs is 3. The summed E-state index contributed by atoms with van der Waals surface area (Å²) < 4.78 is 36.0. The van der Waals surface area contributed by atoms with Crippen LogP contribution in [0.2, 0.25) is 0 Å². The summed E-state index contributed by atoms with van der Waals surface area (Å²) in [5, 5.41) is 0.979. The van der Waals surface area contributed by atoms with Crippen molar-refractivity contribution in [1.82, 2.24) is 0 Å². The second kappa shape index (κ2) is 5.13. The molecule has 0 aliphatic heterocycles. The van der Waals surface area contributed by atoms with Crippen LogP contribution in [-0.2, 0) is 7.05 Å². The van der Waals surface area contributed by atoms with E-state index in [1.807, 2.05) is 43.8 Å². The SMILES string of the molecule is Cc1cc[n+](C)c(-c2c(C)cc(F)c3c2oc2cc(F)ccc23)c1. The van der Waals surface area contributed by atoms with Crippen molar-refractivity contribution in [3.05, 3.63) is 65.4 Å². The highest BCUT2D eigenvalue weighted by molar-refractivity contribution is 6.10. The topological polar surface area (TPSA) is 17.0 Å². The van der Waals surface area contributed by atoms with Crippen molar-refractivity contribution in [2.24, 2.45) is 7.05 Å². The fourth-order valence-corrected chi connectivity index (χ4v) is 3.24. The van der Waals surface area contributed by atoms with Crippen molar-refractivity contribution < 1.29 is 17.8 Å². The van der Waals surface area contributed by atoms with Gasteiger partial charge in [0.05, 0.1) is 10.9 Å². The van der Waals surface area contributed by atoms with Crippen molar-refractivity contribution in [3.8, 4) is 11.3 Å². The van der Waals surface area contributed by atoms with Crippen LogP contribution in [0.3, 0.4) is 0 Å². The standard InChI is InChI=1S/C20H16F2NO/c1-11-6-7-23(3)16(8-11)18-12(2)9-15(22)19-14-5-4-13(21)10-17(14)24-20(18)19/h4-10H,1-3H3/q+1. The van der Waals surface area contributed by atoms with E-state index in [-0.39, 0.29) is 5.82 Å². The van der Waals surface area contributed by atoms with Crippen LogP contribution in [0.5, 0.6) is 0 Å². The van der Waals surface area contributed by atoms with E-state index >= 15 is 0 Å². The van der Waals surface area contributed by atoms with Crippen molar-refractivity contribution in [2.45, 2.75) is 13.8 Å². The Kier molecular flexibility index (Phi) is 3.17. The average molecular weight is 324 g/mol. The Morgan fingerprint density at radius 1 is 1.00 bits per heavy atom. The quantitative estimate of drug-likeness (QED) is 0.452. The maximum absolute atomic E-state index is 14.6. The molecule has 0 bridgehead atoms. The third-order valence-electron chi connectivity index (χ3n) is 4.42. The van der Waals surface area contributed by atoms with Gasteiger partial charge in [-0.25, -0.2) is 13.3 Å². The number of nitrogens with zero attached hydrogens (tertiary/aromatic N) is 1. The summed E-state index contributed by atoms with van der Waals surface area (Å²) in [4.78, 5) is 0. The Hall–Kier alpha value is -2.75. The van der Waals surface area contributed by atoms with Gasteiger partial charge in [0.2, 0.25) is 5.69 Å². The molecule has 0 atom stereocenters. The van der Waals surface area contributed by atoms with Gasteiger partial charge >= 0.3 is 0 Å². The highest BCUT2D eigenvalue weighted by Crippen LogP contribution is 2.38. The summed E-state index contributed by atoms with van der Waals surface area (Å²) in [6, 6.07) is 9.74. The van der Waals surface area contributed by atoms with Crippen LogP contribution in [0.4, 0.5) is 8.78 Å². The van der Waals surface area contributed by atoms with E-state index < -0.39 is 5.82 Å². The molecule has 0 saturated carbocycles. The van der Waals surface area contributed by atoms with Gasteiger partial charge in [-0.3, -0.25) is 0 Å². The third-order valence-corrected chi connectivity index (χ3v) is 4.42. The second-order valence-corrected chi connectivity index (χ2v) is 6.20. The van der Waals surface area contributed by atoms with Gasteiger partial charge in [-0.1, -0.05) is 0 Å². The number of furan rings is 1. The Bertz CT molecular complexity index is 1110. The molecule has 2 nitrogen and oxygen atoms in total. The zero-order chi connectivity index (χ0) is 17.0. The average Bonchev–Trinajstić information content (AvgIpc) is 2.89. The lowest BCUT2D eigenvalue weighted by molar-refractivity contribution is -0.660. The zero-order valence-corrected chi connectivity index (χ0v) is 13.7. The summed E-state index contributed by atoms with van der Waals surface area (Å²) in [5.74, 6) is -0.756. The molecule has 4 heteroatoms. The molecular weight excluding hydrogens is 308 g/mol. The van der Waals surface area contributed by atoms with Crippen LogP contribution in [0.1, 0.15) is 11.1 Å². The maximum atomic E-state index is 14.6. The lowest BCUT2D eigenvalue weighted by Crippen LogP contribution is -2.30. The van der Waals surface area contributed by atoms with Crippen LogP contribution in [0.25, 0.3) is 33.2 Å². The van der Waals surface area contributed by atoms with E-state index in [0.717, 1.165) is 22.4 Å². The smallest absolute Gasteiger partial charge is 0.216 e. The number of hydrogen-bond acceptors (Lipinski definition) is 1. The highest BCUT2D eigenvalue weighted by atomic mass is 19.1. The van der Waals surface area contributed by atoms with Crippen LogP contribution in [0.15, 0.2) is 47.0 Å². The van der Waals surface area contributed by atoms with Crippen molar-refractivity contribution in [3.63, 3.8) is 0 Å². The molecule has 0 fully saturated rings. The Labute approximate surface area is 138 Å². The fourth-order valence-electron chi connectivity index (χ4n) is 3.24. The highest BCUT2D eigenvalue weighted by Gasteiger charge is 2.23. The number of aromatic nitrogens is 1. The first-order valence-electron chi connectivity index (χ1n) is 7.73. The molecule has 0 saturated heterocycles. The minimum absolute atomic E-state index is 0.353. The van der Waals surface area contributed by atoms with Gasteiger partial charge in [0.15, 0.2) is 11.8 Å². The summed E-state index contributed by atoms with van der Waals surface area (Å²) in [7, 11) is 1.94. The normalized spacial score (nSPS) is 11.5. The molecule has 24 heavy (non-hydrogen) atoms. The number of pyridine rings is 1. The van der Waals surface area contributed by atoms with Crippen LogP contribution in [-0.4, -0.2) is 0 Å². The third kappa shape index (κ3) is 2.10. The zero-order valence-electron chi connectivity index (χ0n) is 13.7. The predicted octanol–water partition coefficient (Wildman–Crippen LogP) is 4.97. The summed E-state index contributed by atoms with van der Waals surface area (Å²) in [6.07, 6.45) is 1.96. The number of aryl methyl sites for hydroxylation is 3. The van der Waals surface area contributed by atoms with E-state index in [1.165, 1.54) is 18.2 Å². The molecule has 0 unspecified atom stereocenters. The molecule has 120 valence electrons. The number of rotatable bonds is 1. The van der Waals surface area contributed by atoms with E-state index in [2.05, 4.69) is 0 Å². The first kappa shape index (κ1) is 14.8. The molecule has 0 aliphatic rings. The van der Waals surface area contributed by atoms with Crippen LogP contribution >= 0.6 is 0 Å². The maximum Gasteiger partial charge on any atom is 0.216 e. The molecule has 0 N–H and O–H groups in total.